The van der Waals surface area contributed by atoms with E-state index in [1.165, 1.54) is 11.1 Å². The largest absolute Gasteiger partial charge is 0.444 e. The molecule has 1 amide bonds. The molecule has 0 aliphatic heterocycles. The zero-order valence-corrected chi connectivity index (χ0v) is 14.8. The molecule has 2 rings (SSSR count). The lowest BCUT2D eigenvalue weighted by Crippen LogP contribution is -2.38. The van der Waals surface area contributed by atoms with E-state index < -0.39 is 17.9 Å². The molecule has 0 saturated carbocycles. The molecule has 2 aromatic rings. The van der Waals surface area contributed by atoms with E-state index in [1.807, 2.05) is 12.1 Å². The summed E-state index contributed by atoms with van der Waals surface area (Å²) in [5.41, 5.74) is 2.04. The molecule has 0 bridgehead atoms. The van der Waals surface area contributed by atoms with Crippen LogP contribution in [0.4, 0.5) is 4.79 Å². The first kappa shape index (κ1) is 19.7. The highest BCUT2D eigenvalue weighted by molar-refractivity contribution is 5.67. The zero-order valence-electron chi connectivity index (χ0n) is 14.8. The van der Waals surface area contributed by atoms with E-state index in [9.17, 15) is 4.79 Å². The summed E-state index contributed by atoms with van der Waals surface area (Å²) in [5, 5.41) is 11.3. The number of aliphatic hydroxyl groups excluding tert-OH is 1. The van der Waals surface area contributed by atoms with E-state index in [0.717, 1.165) is 0 Å². The van der Waals surface area contributed by atoms with E-state index in [-0.39, 0.29) is 0 Å². The molecule has 4 nitrogen and oxygen atoms in total. The molecule has 0 aliphatic rings. The Bertz CT molecular complexity index is 554. The second-order valence-corrected chi connectivity index (χ2v) is 6.30. The first-order chi connectivity index (χ1) is 11.3. The quantitative estimate of drug-likeness (QED) is 0.810. The SMILES string of the molecule is CCC(O)NC(=O)OC(C)(C)C.c1ccc(-c2ccccc2)cc1. The molecule has 2 N–H and O–H groups in total. The summed E-state index contributed by atoms with van der Waals surface area (Å²) in [6.07, 6.45) is -0.934. The minimum absolute atomic E-state index is 0.471. The maximum absolute atomic E-state index is 10.9. The highest BCUT2D eigenvalue weighted by atomic mass is 16.6. The van der Waals surface area contributed by atoms with Crippen molar-refractivity contribution in [2.75, 3.05) is 0 Å². The minimum Gasteiger partial charge on any atom is -0.444 e. The zero-order chi connectivity index (χ0) is 18.0. The molecule has 0 aromatic heterocycles. The Labute approximate surface area is 144 Å². The van der Waals surface area contributed by atoms with Gasteiger partial charge in [-0.1, -0.05) is 67.6 Å². The maximum Gasteiger partial charge on any atom is 0.409 e. The van der Waals surface area contributed by atoms with Gasteiger partial charge in [0.1, 0.15) is 11.8 Å². The number of carbonyl (C=O) groups excluding carboxylic acids is 1. The van der Waals surface area contributed by atoms with Crippen molar-refractivity contribution in [3.05, 3.63) is 60.7 Å². The van der Waals surface area contributed by atoms with Crippen molar-refractivity contribution < 1.29 is 14.6 Å². The first-order valence-electron chi connectivity index (χ1n) is 8.10. The highest BCUT2D eigenvalue weighted by Crippen LogP contribution is 2.17. The number of nitrogens with one attached hydrogen (secondary N) is 1. The van der Waals surface area contributed by atoms with Gasteiger partial charge in [-0.3, -0.25) is 5.32 Å². The van der Waals surface area contributed by atoms with Gasteiger partial charge < -0.3 is 9.84 Å². The number of hydrogen-bond donors (Lipinski definition) is 2. The average Bonchev–Trinajstić information content (AvgIpc) is 2.55. The van der Waals surface area contributed by atoms with E-state index in [1.54, 1.807) is 27.7 Å². The van der Waals surface area contributed by atoms with Gasteiger partial charge >= 0.3 is 6.09 Å². The van der Waals surface area contributed by atoms with Gasteiger partial charge in [-0.15, -0.1) is 0 Å². The molecule has 0 saturated heterocycles. The fourth-order valence-corrected chi connectivity index (χ4v) is 1.81. The molecule has 0 radical (unpaired) electrons. The normalized spacial score (nSPS) is 11.7. The predicted molar refractivity (Wildman–Crippen MR) is 97.5 cm³/mol. The van der Waals surface area contributed by atoms with Crippen LogP contribution >= 0.6 is 0 Å². The lowest BCUT2D eigenvalue weighted by molar-refractivity contribution is 0.0353. The van der Waals surface area contributed by atoms with Crippen LogP contribution in [0.2, 0.25) is 0 Å². The van der Waals surface area contributed by atoms with Crippen molar-refractivity contribution in [2.45, 2.75) is 45.9 Å². The van der Waals surface area contributed by atoms with Crippen LogP contribution < -0.4 is 5.32 Å². The number of carbonyl (C=O) groups is 1. The van der Waals surface area contributed by atoms with E-state index in [4.69, 9.17) is 9.84 Å². The van der Waals surface area contributed by atoms with Crippen molar-refractivity contribution in [3.63, 3.8) is 0 Å². The van der Waals surface area contributed by atoms with Crippen LogP contribution in [0.3, 0.4) is 0 Å². The van der Waals surface area contributed by atoms with Gasteiger partial charge in [-0.2, -0.15) is 0 Å². The van der Waals surface area contributed by atoms with Gasteiger partial charge in [0.05, 0.1) is 0 Å². The van der Waals surface area contributed by atoms with Crippen LogP contribution in [0.15, 0.2) is 60.7 Å². The molecule has 1 unspecified atom stereocenters. The Morgan fingerprint density at radius 2 is 1.42 bits per heavy atom. The number of alkyl carbamates (subject to hydrolysis) is 1. The van der Waals surface area contributed by atoms with Crippen LogP contribution in [-0.4, -0.2) is 23.0 Å². The van der Waals surface area contributed by atoms with Crippen LogP contribution in [0.5, 0.6) is 0 Å². The second kappa shape index (κ2) is 9.73. The molecular weight excluding hydrogens is 302 g/mol. The molecule has 130 valence electrons. The van der Waals surface area contributed by atoms with E-state index in [0.29, 0.717) is 6.42 Å². The molecule has 24 heavy (non-hydrogen) atoms. The summed E-state index contributed by atoms with van der Waals surface area (Å²) in [7, 11) is 0. The van der Waals surface area contributed by atoms with Gasteiger partial charge in [-0.25, -0.2) is 4.79 Å². The highest BCUT2D eigenvalue weighted by Gasteiger charge is 2.17. The molecule has 1 atom stereocenters. The number of benzene rings is 2. The molecular formula is C20H27NO3. The maximum atomic E-state index is 10.9. The number of amides is 1. The summed E-state index contributed by atoms with van der Waals surface area (Å²) in [6, 6.07) is 20.8. The smallest absolute Gasteiger partial charge is 0.409 e. The number of rotatable bonds is 3. The Morgan fingerprint density at radius 1 is 1.00 bits per heavy atom. The lowest BCUT2D eigenvalue weighted by atomic mass is 10.1. The van der Waals surface area contributed by atoms with Gasteiger partial charge in [0.25, 0.3) is 0 Å². The third-order valence-electron chi connectivity index (χ3n) is 2.95. The van der Waals surface area contributed by atoms with Crippen LogP contribution in [0.25, 0.3) is 11.1 Å². The van der Waals surface area contributed by atoms with Crippen LogP contribution in [-0.2, 0) is 4.74 Å². The standard InChI is InChI=1S/C12H10.C8H17NO3/c1-3-7-11(8-4-1)12-9-5-2-6-10-12;1-5-6(10)9-7(11)12-8(2,3)4/h1-10H;6,10H,5H2,1-4H3,(H,9,11). The van der Waals surface area contributed by atoms with Crippen molar-refractivity contribution in [1.82, 2.24) is 5.32 Å². The first-order valence-corrected chi connectivity index (χ1v) is 8.10. The Hall–Kier alpha value is -2.33. The Balaban J connectivity index is 0.000000240. The van der Waals surface area contributed by atoms with Gasteiger partial charge in [0.15, 0.2) is 0 Å². The fraction of sp³-hybridized carbons (Fsp3) is 0.350. The number of ether oxygens (including phenoxy) is 1. The molecule has 2 aromatic carbocycles. The Morgan fingerprint density at radius 3 is 1.75 bits per heavy atom. The summed E-state index contributed by atoms with van der Waals surface area (Å²) in [5.74, 6) is 0. The molecule has 0 heterocycles. The lowest BCUT2D eigenvalue weighted by Gasteiger charge is -2.20. The van der Waals surface area contributed by atoms with Crippen molar-refractivity contribution in [1.29, 1.82) is 0 Å². The minimum atomic E-state index is -0.820. The number of hydrogen-bond acceptors (Lipinski definition) is 3. The van der Waals surface area contributed by atoms with Crippen molar-refractivity contribution >= 4 is 6.09 Å². The van der Waals surface area contributed by atoms with Crippen molar-refractivity contribution in [3.8, 4) is 11.1 Å². The summed E-state index contributed by atoms with van der Waals surface area (Å²) in [6.45, 7) is 7.07. The number of aliphatic hydroxyl groups is 1. The van der Waals surface area contributed by atoms with E-state index in [2.05, 4.69) is 53.8 Å². The summed E-state index contributed by atoms with van der Waals surface area (Å²) < 4.78 is 4.90. The fourth-order valence-electron chi connectivity index (χ4n) is 1.81. The van der Waals surface area contributed by atoms with Gasteiger partial charge in [0, 0.05) is 0 Å². The Kier molecular flexibility index (Phi) is 7.99. The van der Waals surface area contributed by atoms with E-state index >= 15 is 0 Å². The third kappa shape index (κ3) is 8.34. The van der Waals surface area contributed by atoms with Crippen LogP contribution in [0, 0.1) is 0 Å². The van der Waals surface area contributed by atoms with Crippen molar-refractivity contribution in [2.24, 2.45) is 0 Å². The summed E-state index contributed by atoms with van der Waals surface area (Å²) >= 11 is 0. The molecule has 0 spiro atoms. The second-order valence-electron chi connectivity index (χ2n) is 6.30. The van der Waals surface area contributed by atoms with Gasteiger partial charge in [-0.05, 0) is 38.3 Å². The molecule has 4 heteroatoms. The van der Waals surface area contributed by atoms with Crippen LogP contribution in [0.1, 0.15) is 34.1 Å². The summed E-state index contributed by atoms with van der Waals surface area (Å²) in [4.78, 5) is 10.9. The third-order valence-corrected chi connectivity index (χ3v) is 2.95. The van der Waals surface area contributed by atoms with Gasteiger partial charge in [0.2, 0.25) is 0 Å². The average molecular weight is 329 g/mol. The molecule has 0 aliphatic carbocycles. The topological polar surface area (TPSA) is 58.6 Å². The monoisotopic (exact) mass is 329 g/mol. The predicted octanol–water partition coefficient (Wildman–Crippen LogP) is 4.59. The molecule has 0 fully saturated rings.